The molecule has 1 aromatic heterocycles. The third-order valence-electron chi connectivity index (χ3n) is 5.31. The van der Waals surface area contributed by atoms with Crippen LogP contribution in [-0.2, 0) is 12.8 Å². The summed E-state index contributed by atoms with van der Waals surface area (Å²) < 4.78 is 7.22. The molecule has 0 N–H and O–H groups in total. The molecule has 1 aliphatic rings. The molecule has 6 nitrogen and oxygen atoms in total. The summed E-state index contributed by atoms with van der Waals surface area (Å²) in [6, 6.07) is 7.85. The predicted octanol–water partition coefficient (Wildman–Crippen LogP) is 3.03. The van der Waals surface area contributed by atoms with Crippen LogP contribution in [0.25, 0.3) is 5.69 Å². The molecule has 3 rings (SSSR count). The molecule has 2 heterocycles. The number of carbonyl (C=O) groups is 1. The van der Waals surface area contributed by atoms with Gasteiger partial charge < -0.3 is 14.5 Å². The number of hydrogen-bond acceptors (Lipinski definition) is 4. The van der Waals surface area contributed by atoms with Crippen LogP contribution in [0.4, 0.5) is 0 Å². The van der Waals surface area contributed by atoms with E-state index in [0.29, 0.717) is 5.92 Å². The Morgan fingerprint density at radius 3 is 2.32 bits per heavy atom. The van der Waals surface area contributed by atoms with Crippen molar-refractivity contribution >= 4 is 5.91 Å². The number of nitrogens with zero attached hydrogens (tertiary/aromatic N) is 4. The van der Waals surface area contributed by atoms with Crippen LogP contribution in [0.5, 0.6) is 5.75 Å². The van der Waals surface area contributed by atoms with E-state index in [0.717, 1.165) is 67.4 Å². The van der Waals surface area contributed by atoms with Crippen LogP contribution in [0.15, 0.2) is 24.3 Å². The number of ether oxygens (including phenoxy) is 1. The monoisotopic (exact) mass is 384 g/mol. The minimum absolute atomic E-state index is 0.125. The Bertz CT molecular complexity index is 803. The number of carbonyl (C=O) groups excluding carboxylic acids is 1. The number of hydrogen-bond donors (Lipinski definition) is 0. The molecule has 1 fully saturated rings. The summed E-state index contributed by atoms with van der Waals surface area (Å²) in [4.78, 5) is 17.7. The van der Waals surface area contributed by atoms with Gasteiger partial charge in [-0.3, -0.25) is 4.79 Å². The fraction of sp³-hybridized carbons (Fsp3) is 0.545. The number of piperazine rings is 1. The fourth-order valence-electron chi connectivity index (χ4n) is 3.71. The quantitative estimate of drug-likeness (QED) is 0.768. The van der Waals surface area contributed by atoms with Gasteiger partial charge in [-0.2, -0.15) is 5.10 Å². The van der Waals surface area contributed by atoms with Crippen molar-refractivity contribution in [2.45, 2.75) is 33.6 Å². The second-order valence-corrected chi connectivity index (χ2v) is 7.93. The van der Waals surface area contributed by atoms with Gasteiger partial charge in [-0.1, -0.05) is 20.8 Å². The van der Waals surface area contributed by atoms with Crippen molar-refractivity contribution in [2.24, 2.45) is 5.92 Å². The van der Waals surface area contributed by atoms with Gasteiger partial charge in [0.1, 0.15) is 5.75 Å². The summed E-state index contributed by atoms with van der Waals surface area (Å²) in [5.74, 6) is 1.37. The molecule has 1 saturated heterocycles. The van der Waals surface area contributed by atoms with E-state index in [1.165, 1.54) is 0 Å². The first-order valence-electron chi connectivity index (χ1n) is 10.2. The number of rotatable bonds is 6. The van der Waals surface area contributed by atoms with Gasteiger partial charge in [-0.05, 0) is 50.1 Å². The van der Waals surface area contributed by atoms with Crippen LogP contribution < -0.4 is 4.74 Å². The van der Waals surface area contributed by atoms with Gasteiger partial charge in [0.15, 0.2) is 0 Å². The molecular weight excluding hydrogens is 352 g/mol. The van der Waals surface area contributed by atoms with E-state index >= 15 is 0 Å². The first-order valence-corrected chi connectivity index (χ1v) is 10.2. The average molecular weight is 385 g/mol. The highest BCUT2D eigenvalue weighted by molar-refractivity contribution is 5.97. The van der Waals surface area contributed by atoms with E-state index in [-0.39, 0.29) is 5.91 Å². The Morgan fingerprint density at radius 1 is 1.14 bits per heavy atom. The molecule has 0 bridgehead atoms. The molecular formula is C22H32N4O2. The summed E-state index contributed by atoms with van der Waals surface area (Å²) in [5.41, 5.74) is 3.66. The molecule has 1 amide bonds. The van der Waals surface area contributed by atoms with Gasteiger partial charge in [0.25, 0.3) is 5.91 Å². The number of likely N-dealkylation sites (N-methyl/N-ethyl adjacent to an activating group) is 1. The van der Waals surface area contributed by atoms with E-state index in [4.69, 9.17) is 9.84 Å². The summed E-state index contributed by atoms with van der Waals surface area (Å²) in [6.07, 6.45) is 1.55. The standard InChI is InChI=1S/C22H32N4O2/c1-6-20-21(22(27)25-13-11-24(4)12-14-25)19(15-16(2)3)23-26(20)17-7-9-18(28-5)10-8-17/h7-10,16H,6,11-15H2,1-5H3. The molecule has 0 saturated carbocycles. The lowest BCUT2D eigenvalue weighted by molar-refractivity contribution is 0.0661. The maximum absolute atomic E-state index is 13.5. The Hall–Kier alpha value is -2.34. The number of aromatic nitrogens is 2. The molecule has 28 heavy (non-hydrogen) atoms. The molecule has 0 spiro atoms. The smallest absolute Gasteiger partial charge is 0.257 e. The van der Waals surface area contributed by atoms with Crippen LogP contribution in [0.2, 0.25) is 0 Å². The topological polar surface area (TPSA) is 50.6 Å². The van der Waals surface area contributed by atoms with E-state index in [1.807, 2.05) is 33.8 Å². The largest absolute Gasteiger partial charge is 0.497 e. The third-order valence-corrected chi connectivity index (χ3v) is 5.31. The van der Waals surface area contributed by atoms with Gasteiger partial charge in [-0.15, -0.1) is 0 Å². The van der Waals surface area contributed by atoms with E-state index in [1.54, 1.807) is 7.11 Å². The minimum Gasteiger partial charge on any atom is -0.497 e. The number of methoxy groups -OCH3 is 1. The van der Waals surface area contributed by atoms with Crippen molar-refractivity contribution in [3.8, 4) is 11.4 Å². The highest BCUT2D eigenvalue weighted by Gasteiger charge is 2.29. The third kappa shape index (κ3) is 4.22. The van der Waals surface area contributed by atoms with Crippen molar-refractivity contribution in [3.63, 3.8) is 0 Å². The highest BCUT2D eigenvalue weighted by Crippen LogP contribution is 2.25. The first-order chi connectivity index (χ1) is 13.4. The lowest BCUT2D eigenvalue weighted by Crippen LogP contribution is -2.47. The zero-order valence-corrected chi connectivity index (χ0v) is 17.7. The maximum Gasteiger partial charge on any atom is 0.257 e. The Labute approximate surface area is 168 Å². The number of benzene rings is 1. The zero-order chi connectivity index (χ0) is 20.3. The minimum atomic E-state index is 0.125. The molecule has 0 atom stereocenters. The van der Waals surface area contributed by atoms with Crippen LogP contribution in [0.1, 0.15) is 42.5 Å². The van der Waals surface area contributed by atoms with Crippen LogP contribution >= 0.6 is 0 Å². The molecule has 2 aromatic rings. The van der Waals surface area contributed by atoms with Gasteiger partial charge in [0, 0.05) is 26.2 Å². The highest BCUT2D eigenvalue weighted by atomic mass is 16.5. The van der Waals surface area contributed by atoms with Crippen molar-refractivity contribution in [1.29, 1.82) is 0 Å². The van der Waals surface area contributed by atoms with E-state index in [9.17, 15) is 4.79 Å². The van der Waals surface area contributed by atoms with Gasteiger partial charge >= 0.3 is 0 Å². The molecule has 1 aliphatic heterocycles. The predicted molar refractivity (Wildman–Crippen MR) is 111 cm³/mol. The second kappa shape index (κ2) is 8.78. The second-order valence-electron chi connectivity index (χ2n) is 7.93. The van der Waals surface area contributed by atoms with Gasteiger partial charge in [0.05, 0.1) is 29.7 Å². The van der Waals surface area contributed by atoms with Crippen molar-refractivity contribution in [2.75, 3.05) is 40.3 Å². The van der Waals surface area contributed by atoms with Gasteiger partial charge in [0.2, 0.25) is 0 Å². The Balaban J connectivity index is 2.03. The summed E-state index contributed by atoms with van der Waals surface area (Å²) >= 11 is 0. The van der Waals surface area contributed by atoms with E-state index in [2.05, 4.69) is 32.7 Å². The fourth-order valence-corrected chi connectivity index (χ4v) is 3.71. The molecule has 0 radical (unpaired) electrons. The summed E-state index contributed by atoms with van der Waals surface area (Å²) in [6.45, 7) is 9.81. The normalized spacial score (nSPS) is 15.3. The van der Waals surface area contributed by atoms with Crippen LogP contribution in [0.3, 0.4) is 0 Å². The first kappa shape index (κ1) is 20.4. The maximum atomic E-state index is 13.5. The lowest BCUT2D eigenvalue weighted by atomic mass is 10.0. The Kier molecular flexibility index (Phi) is 6.39. The Morgan fingerprint density at radius 2 is 1.79 bits per heavy atom. The van der Waals surface area contributed by atoms with Crippen molar-refractivity contribution in [3.05, 3.63) is 41.2 Å². The van der Waals surface area contributed by atoms with Crippen LogP contribution in [0, 0.1) is 5.92 Å². The summed E-state index contributed by atoms with van der Waals surface area (Å²) in [5, 5.41) is 4.90. The SMILES string of the molecule is CCc1c(C(=O)N2CCN(C)CC2)c(CC(C)C)nn1-c1ccc(OC)cc1. The molecule has 152 valence electrons. The lowest BCUT2D eigenvalue weighted by Gasteiger charge is -2.32. The molecule has 1 aromatic carbocycles. The number of amides is 1. The van der Waals surface area contributed by atoms with Gasteiger partial charge in [-0.25, -0.2) is 4.68 Å². The molecule has 6 heteroatoms. The molecule has 0 unspecified atom stereocenters. The zero-order valence-electron chi connectivity index (χ0n) is 17.7. The molecule has 0 aliphatic carbocycles. The average Bonchev–Trinajstić information content (AvgIpc) is 3.05. The van der Waals surface area contributed by atoms with Crippen LogP contribution in [-0.4, -0.2) is 65.8 Å². The van der Waals surface area contributed by atoms with Crippen molar-refractivity contribution < 1.29 is 9.53 Å². The van der Waals surface area contributed by atoms with E-state index < -0.39 is 0 Å². The van der Waals surface area contributed by atoms with Crippen molar-refractivity contribution in [1.82, 2.24) is 19.6 Å². The summed E-state index contributed by atoms with van der Waals surface area (Å²) in [7, 11) is 3.76.